The quantitative estimate of drug-likeness (QED) is 0.531. The number of alkyl halides is 3. The van der Waals surface area contributed by atoms with Gasteiger partial charge >= 0.3 is 6.18 Å². The number of hydrogen-bond acceptors (Lipinski definition) is 8. The van der Waals surface area contributed by atoms with Gasteiger partial charge in [0.05, 0.1) is 25.4 Å². The average Bonchev–Trinajstić information content (AvgIpc) is 3.44. The zero-order valence-corrected chi connectivity index (χ0v) is 23.5. The number of thiophene rings is 1. The van der Waals surface area contributed by atoms with Crippen molar-refractivity contribution in [3.8, 4) is 0 Å². The molecule has 0 amide bonds. The summed E-state index contributed by atoms with van der Waals surface area (Å²) >= 11 is 1.18. The summed E-state index contributed by atoms with van der Waals surface area (Å²) in [5, 5.41) is 11.8. The lowest BCUT2D eigenvalue weighted by Gasteiger charge is -2.51. The number of methoxy groups -OCH3 is 1. The molecule has 1 N–H and O–H groups in total. The van der Waals surface area contributed by atoms with E-state index in [0.29, 0.717) is 36.2 Å². The van der Waals surface area contributed by atoms with Crippen molar-refractivity contribution in [2.24, 2.45) is 0 Å². The van der Waals surface area contributed by atoms with E-state index in [1.807, 2.05) is 0 Å². The van der Waals surface area contributed by atoms with Crippen LogP contribution in [0.4, 0.5) is 18.9 Å². The van der Waals surface area contributed by atoms with Crippen molar-refractivity contribution in [2.75, 3.05) is 51.4 Å². The molecule has 3 aliphatic rings. The van der Waals surface area contributed by atoms with Crippen LogP contribution in [0.5, 0.6) is 0 Å². The number of aliphatic hydroxyl groups is 1. The number of anilines is 1. The van der Waals surface area contributed by atoms with E-state index in [1.165, 1.54) is 27.8 Å². The maximum absolute atomic E-state index is 13.4. The molecule has 3 saturated heterocycles. The van der Waals surface area contributed by atoms with E-state index in [1.54, 1.807) is 36.8 Å². The summed E-state index contributed by atoms with van der Waals surface area (Å²) in [6.07, 6.45) is -3.03. The Hall–Kier alpha value is -1.74. The van der Waals surface area contributed by atoms with E-state index in [9.17, 15) is 26.7 Å². The lowest BCUT2D eigenvalue weighted by molar-refractivity contribution is -0.258. The number of fused-ring (bicyclic) bond motifs is 2. The standard InChI is InChI=1S/C26H34F3N3O5S2/c1-25(33,26(27,28)29)18-5-7-19(8-6-18)31-10-9-30(39(34,35)24-4-3-11-38-24)14-22(31)15-32-20-12-23(36-2)13-21(32)17-37-16-20/h3-8,11,20-23,33H,9-10,12-17H2,1-2H3/t20-,21?,22+,23?,25+/m0/s1. The second kappa shape index (κ2) is 10.9. The first-order chi connectivity index (χ1) is 18.4. The summed E-state index contributed by atoms with van der Waals surface area (Å²) in [6.45, 7) is 3.33. The Morgan fingerprint density at radius 1 is 1.10 bits per heavy atom. The van der Waals surface area contributed by atoms with Crippen LogP contribution < -0.4 is 4.90 Å². The van der Waals surface area contributed by atoms with Gasteiger partial charge in [0.2, 0.25) is 0 Å². The third-order valence-electron chi connectivity index (χ3n) is 8.23. The highest BCUT2D eigenvalue weighted by atomic mass is 32.2. The predicted molar refractivity (Wildman–Crippen MR) is 141 cm³/mol. The van der Waals surface area contributed by atoms with Gasteiger partial charge in [0, 0.05) is 51.1 Å². The summed E-state index contributed by atoms with van der Waals surface area (Å²) < 4.78 is 80.2. The summed E-state index contributed by atoms with van der Waals surface area (Å²) in [7, 11) is -1.95. The highest BCUT2D eigenvalue weighted by Gasteiger charge is 2.51. The van der Waals surface area contributed by atoms with Crippen molar-refractivity contribution in [1.29, 1.82) is 0 Å². The van der Waals surface area contributed by atoms with Crippen LogP contribution >= 0.6 is 11.3 Å². The first-order valence-corrected chi connectivity index (χ1v) is 15.3. The molecule has 2 unspecified atom stereocenters. The van der Waals surface area contributed by atoms with Crippen LogP contribution in [0.3, 0.4) is 0 Å². The minimum Gasteiger partial charge on any atom is -0.381 e. The Morgan fingerprint density at radius 3 is 2.33 bits per heavy atom. The van der Waals surface area contributed by atoms with Crippen LogP contribution in [0.1, 0.15) is 25.3 Å². The monoisotopic (exact) mass is 589 g/mol. The smallest absolute Gasteiger partial charge is 0.381 e. The number of piperazine rings is 1. The molecule has 0 radical (unpaired) electrons. The van der Waals surface area contributed by atoms with Crippen molar-refractivity contribution in [1.82, 2.24) is 9.21 Å². The molecular weight excluding hydrogens is 555 g/mol. The van der Waals surface area contributed by atoms with Gasteiger partial charge < -0.3 is 19.5 Å². The van der Waals surface area contributed by atoms with E-state index in [4.69, 9.17) is 9.47 Å². The molecule has 0 spiro atoms. The molecule has 0 aliphatic carbocycles. The van der Waals surface area contributed by atoms with Crippen LogP contribution in [0.25, 0.3) is 0 Å². The fourth-order valence-electron chi connectivity index (χ4n) is 5.89. The lowest BCUT2D eigenvalue weighted by atomic mass is 9.91. The highest BCUT2D eigenvalue weighted by Crippen LogP contribution is 2.39. The third-order valence-corrected chi connectivity index (χ3v) is 11.5. The molecule has 13 heteroatoms. The Labute approximate surface area is 231 Å². The minimum atomic E-state index is -4.81. The second-order valence-electron chi connectivity index (χ2n) is 10.6. The zero-order chi connectivity index (χ0) is 28.0. The molecule has 39 heavy (non-hydrogen) atoms. The van der Waals surface area contributed by atoms with Crippen LogP contribution in [0, 0.1) is 0 Å². The van der Waals surface area contributed by atoms with Crippen molar-refractivity contribution in [2.45, 2.75) is 60.0 Å². The minimum absolute atomic E-state index is 0.137. The molecule has 4 heterocycles. The van der Waals surface area contributed by atoms with Gasteiger partial charge in [0.15, 0.2) is 5.60 Å². The Balaban J connectivity index is 1.42. The number of hydrogen-bond donors (Lipinski definition) is 1. The molecule has 3 aliphatic heterocycles. The molecule has 5 rings (SSSR count). The molecule has 5 atom stereocenters. The average molecular weight is 590 g/mol. The van der Waals surface area contributed by atoms with Gasteiger partial charge in [-0.05, 0) is 48.9 Å². The predicted octanol–water partition coefficient (Wildman–Crippen LogP) is 3.28. The lowest BCUT2D eigenvalue weighted by Crippen LogP contribution is -2.64. The molecule has 0 saturated carbocycles. The molecule has 2 bridgehead atoms. The van der Waals surface area contributed by atoms with Gasteiger partial charge in [-0.15, -0.1) is 11.3 Å². The largest absolute Gasteiger partial charge is 0.421 e. The Kier molecular flexibility index (Phi) is 8.06. The normalized spacial score (nSPS) is 28.8. The number of ether oxygens (including phenoxy) is 2. The first-order valence-electron chi connectivity index (χ1n) is 13.0. The number of rotatable bonds is 7. The molecule has 8 nitrogen and oxygen atoms in total. The van der Waals surface area contributed by atoms with Gasteiger partial charge in [-0.25, -0.2) is 8.42 Å². The summed E-state index contributed by atoms with van der Waals surface area (Å²) in [5.41, 5.74) is -2.53. The SMILES string of the molecule is COC1CC2COC[C@H](C1)N2C[C@H]1CN(S(=O)(=O)c2cccs2)CCN1c1ccc([C@@](C)(O)C(F)(F)F)cc1. The molecule has 1 aromatic heterocycles. The van der Waals surface area contributed by atoms with Crippen molar-refractivity contribution >= 4 is 27.0 Å². The van der Waals surface area contributed by atoms with Crippen LogP contribution in [-0.4, -0.2) is 99.6 Å². The molecule has 3 fully saturated rings. The van der Waals surface area contributed by atoms with Gasteiger partial charge in [0.25, 0.3) is 10.0 Å². The van der Waals surface area contributed by atoms with E-state index >= 15 is 0 Å². The van der Waals surface area contributed by atoms with Crippen LogP contribution in [0.2, 0.25) is 0 Å². The van der Waals surface area contributed by atoms with E-state index in [0.717, 1.165) is 19.8 Å². The first kappa shape index (κ1) is 28.8. The van der Waals surface area contributed by atoms with Gasteiger partial charge in [-0.3, -0.25) is 4.90 Å². The van der Waals surface area contributed by atoms with Gasteiger partial charge in [0.1, 0.15) is 4.21 Å². The molecular formula is C26H34F3N3O5S2. The van der Waals surface area contributed by atoms with Crippen molar-refractivity contribution in [3.63, 3.8) is 0 Å². The maximum Gasteiger partial charge on any atom is 0.421 e. The number of halogens is 3. The van der Waals surface area contributed by atoms with Crippen molar-refractivity contribution < 1.29 is 36.2 Å². The van der Waals surface area contributed by atoms with Crippen LogP contribution in [-0.2, 0) is 25.1 Å². The summed E-state index contributed by atoms with van der Waals surface area (Å²) in [6, 6.07) is 9.08. The number of morpholine rings is 1. The third kappa shape index (κ3) is 5.59. The summed E-state index contributed by atoms with van der Waals surface area (Å²) in [5.74, 6) is 0. The van der Waals surface area contributed by atoms with Gasteiger partial charge in [-0.2, -0.15) is 17.5 Å². The Morgan fingerprint density at radius 2 is 1.77 bits per heavy atom. The number of sulfonamides is 1. The fourth-order valence-corrected chi connectivity index (χ4v) is 8.51. The second-order valence-corrected chi connectivity index (χ2v) is 13.7. The molecule has 216 valence electrons. The highest BCUT2D eigenvalue weighted by molar-refractivity contribution is 7.91. The molecule has 2 aromatic rings. The van der Waals surface area contributed by atoms with E-state index in [2.05, 4.69) is 9.80 Å². The van der Waals surface area contributed by atoms with Crippen molar-refractivity contribution in [3.05, 3.63) is 47.3 Å². The Bertz CT molecular complexity index is 1210. The topological polar surface area (TPSA) is 82.6 Å². The summed E-state index contributed by atoms with van der Waals surface area (Å²) in [4.78, 5) is 4.46. The van der Waals surface area contributed by atoms with E-state index < -0.39 is 21.8 Å². The zero-order valence-electron chi connectivity index (χ0n) is 21.9. The van der Waals surface area contributed by atoms with E-state index in [-0.39, 0.29) is 42.9 Å². The maximum atomic E-state index is 13.4. The number of nitrogens with zero attached hydrogens (tertiary/aromatic N) is 3. The number of benzene rings is 1. The number of piperidine rings is 1. The van der Waals surface area contributed by atoms with Gasteiger partial charge in [-0.1, -0.05) is 18.2 Å². The molecule has 1 aromatic carbocycles. The van der Waals surface area contributed by atoms with Crippen LogP contribution in [0.15, 0.2) is 46.0 Å². The fraction of sp³-hybridized carbons (Fsp3) is 0.615.